The van der Waals surface area contributed by atoms with Crippen LogP contribution in [-0.2, 0) is 4.79 Å². The maximum Gasteiger partial charge on any atom is 0.260 e. The van der Waals surface area contributed by atoms with E-state index in [0.717, 1.165) is 11.6 Å². The van der Waals surface area contributed by atoms with Gasteiger partial charge < -0.3 is 14.5 Å². The number of benzene rings is 1. The number of anilines is 1. The lowest BCUT2D eigenvalue weighted by molar-refractivity contribution is -0.133. The molecule has 9 heteroatoms. The summed E-state index contributed by atoms with van der Waals surface area (Å²) < 4.78 is 20.7. The number of ether oxygens (including phenoxy) is 1. The number of amides is 1. The number of nitrogens with zero attached hydrogens (tertiary/aromatic N) is 6. The summed E-state index contributed by atoms with van der Waals surface area (Å²) in [7, 11) is 0. The third kappa shape index (κ3) is 3.93. The molecule has 3 aromatic rings. The lowest BCUT2D eigenvalue weighted by Gasteiger charge is -2.35. The van der Waals surface area contributed by atoms with Crippen LogP contribution in [-0.4, -0.2) is 63.1 Å². The molecule has 0 spiro atoms. The molecule has 1 saturated heterocycles. The number of carbonyl (C=O) groups excluding carboxylic acids is 1. The largest absolute Gasteiger partial charge is 0.481 e. The van der Waals surface area contributed by atoms with Gasteiger partial charge in [-0.3, -0.25) is 9.36 Å². The van der Waals surface area contributed by atoms with Crippen LogP contribution in [0.3, 0.4) is 0 Å². The summed E-state index contributed by atoms with van der Waals surface area (Å²) in [5.41, 5.74) is 0. The molecule has 144 valence electrons. The first-order valence-corrected chi connectivity index (χ1v) is 8.91. The van der Waals surface area contributed by atoms with Gasteiger partial charge in [-0.25, -0.2) is 19.3 Å². The van der Waals surface area contributed by atoms with Crippen molar-refractivity contribution in [3.63, 3.8) is 0 Å². The van der Waals surface area contributed by atoms with Gasteiger partial charge in [0, 0.05) is 44.6 Å². The molecule has 1 fully saturated rings. The average molecular weight is 382 g/mol. The fourth-order valence-corrected chi connectivity index (χ4v) is 3.02. The van der Waals surface area contributed by atoms with Crippen LogP contribution in [0.5, 0.6) is 5.75 Å². The van der Waals surface area contributed by atoms with E-state index in [-0.39, 0.29) is 18.3 Å². The second kappa shape index (κ2) is 8.03. The molecule has 1 amide bonds. The number of hydrogen-bond donors (Lipinski definition) is 0. The van der Waals surface area contributed by atoms with E-state index >= 15 is 0 Å². The highest BCUT2D eigenvalue weighted by molar-refractivity contribution is 5.78. The molecule has 0 atom stereocenters. The third-order valence-electron chi connectivity index (χ3n) is 4.55. The first kappa shape index (κ1) is 17.9. The molecule has 0 aliphatic carbocycles. The predicted octanol–water partition coefficient (Wildman–Crippen LogP) is 1.53. The molecule has 1 aliphatic rings. The van der Waals surface area contributed by atoms with Gasteiger partial charge in [-0.05, 0) is 12.1 Å². The van der Waals surface area contributed by atoms with Crippen LogP contribution in [0.25, 0.3) is 5.82 Å². The van der Waals surface area contributed by atoms with E-state index in [4.69, 9.17) is 4.74 Å². The van der Waals surface area contributed by atoms with Crippen LogP contribution in [0.4, 0.5) is 10.2 Å². The van der Waals surface area contributed by atoms with E-state index in [9.17, 15) is 9.18 Å². The number of para-hydroxylation sites is 1. The Balaban J connectivity index is 1.33. The first-order valence-electron chi connectivity index (χ1n) is 8.91. The van der Waals surface area contributed by atoms with E-state index in [2.05, 4.69) is 19.9 Å². The molecule has 1 aliphatic heterocycles. The van der Waals surface area contributed by atoms with Crippen molar-refractivity contribution in [2.45, 2.75) is 0 Å². The number of rotatable bonds is 5. The van der Waals surface area contributed by atoms with Gasteiger partial charge in [-0.2, -0.15) is 0 Å². The average Bonchev–Trinajstić information content (AvgIpc) is 3.28. The first-order chi connectivity index (χ1) is 13.7. The Morgan fingerprint density at radius 2 is 1.89 bits per heavy atom. The number of hydrogen-bond acceptors (Lipinski definition) is 6. The molecule has 0 saturated carbocycles. The van der Waals surface area contributed by atoms with Gasteiger partial charge >= 0.3 is 0 Å². The normalized spacial score (nSPS) is 14.2. The Morgan fingerprint density at radius 3 is 2.64 bits per heavy atom. The number of aromatic nitrogens is 4. The maximum atomic E-state index is 13.6. The van der Waals surface area contributed by atoms with Crippen molar-refractivity contribution >= 4 is 11.7 Å². The van der Waals surface area contributed by atoms with Gasteiger partial charge in [0.15, 0.2) is 18.2 Å². The standard InChI is InChI=1S/C19H19FN6O2/c20-15-3-1-2-4-16(15)28-12-19(27)25-9-7-24(8-10-25)17-11-18(23-13-22-17)26-6-5-21-14-26/h1-6,11,13-14H,7-10,12H2. The highest BCUT2D eigenvalue weighted by Gasteiger charge is 2.22. The van der Waals surface area contributed by atoms with Gasteiger partial charge in [0.2, 0.25) is 0 Å². The summed E-state index contributed by atoms with van der Waals surface area (Å²) in [6.07, 6.45) is 6.70. The molecule has 4 rings (SSSR count). The molecule has 0 N–H and O–H groups in total. The van der Waals surface area contributed by atoms with Crippen molar-refractivity contribution in [1.82, 2.24) is 24.4 Å². The molecule has 8 nitrogen and oxygen atoms in total. The second-order valence-corrected chi connectivity index (χ2v) is 6.29. The van der Waals surface area contributed by atoms with Crippen LogP contribution < -0.4 is 9.64 Å². The fraction of sp³-hybridized carbons (Fsp3) is 0.263. The van der Waals surface area contributed by atoms with E-state index in [1.165, 1.54) is 18.5 Å². The molecule has 0 bridgehead atoms. The maximum absolute atomic E-state index is 13.6. The molecule has 2 aromatic heterocycles. The van der Waals surface area contributed by atoms with Crippen molar-refractivity contribution in [1.29, 1.82) is 0 Å². The minimum atomic E-state index is -0.474. The van der Waals surface area contributed by atoms with Crippen molar-refractivity contribution in [2.24, 2.45) is 0 Å². The highest BCUT2D eigenvalue weighted by atomic mass is 19.1. The number of carbonyl (C=O) groups is 1. The number of piperazine rings is 1. The summed E-state index contributed by atoms with van der Waals surface area (Å²) in [5, 5.41) is 0. The van der Waals surface area contributed by atoms with Gasteiger partial charge in [-0.15, -0.1) is 0 Å². The van der Waals surface area contributed by atoms with Crippen molar-refractivity contribution < 1.29 is 13.9 Å². The smallest absolute Gasteiger partial charge is 0.260 e. The predicted molar refractivity (Wildman–Crippen MR) is 99.8 cm³/mol. The molecular weight excluding hydrogens is 363 g/mol. The zero-order chi connectivity index (χ0) is 19.3. The quantitative estimate of drug-likeness (QED) is 0.666. The molecule has 0 unspecified atom stereocenters. The second-order valence-electron chi connectivity index (χ2n) is 6.29. The highest BCUT2D eigenvalue weighted by Crippen LogP contribution is 2.17. The Morgan fingerprint density at radius 1 is 1.11 bits per heavy atom. The van der Waals surface area contributed by atoms with Crippen LogP contribution in [0.1, 0.15) is 0 Å². The summed E-state index contributed by atoms with van der Waals surface area (Å²) >= 11 is 0. The Bertz CT molecular complexity index is 941. The molecule has 0 radical (unpaired) electrons. The van der Waals surface area contributed by atoms with E-state index in [1.807, 2.05) is 16.8 Å². The fourth-order valence-electron chi connectivity index (χ4n) is 3.02. The van der Waals surface area contributed by atoms with Gasteiger partial charge in [0.25, 0.3) is 5.91 Å². The van der Waals surface area contributed by atoms with Gasteiger partial charge in [0.1, 0.15) is 24.3 Å². The molecule has 3 heterocycles. The van der Waals surface area contributed by atoms with Crippen LogP contribution >= 0.6 is 0 Å². The minimum absolute atomic E-state index is 0.0857. The van der Waals surface area contributed by atoms with Gasteiger partial charge in [0.05, 0.1) is 0 Å². The van der Waals surface area contributed by atoms with Crippen molar-refractivity contribution in [3.8, 4) is 11.6 Å². The number of halogens is 1. The zero-order valence-corrected chi connectivity index (χ0v) is 15.1. The van der Waals surface area contributed by atoms with Crippen molar-refractivity contribution in [3.05, 3.63) is 61.2 Å². The van der Waals surface area contributed by atoms with Crippen LogP contribution in [0.15, 0.2) is 55.4 Å². The minimum Gasteiger partial charge on any atom is -0.481 e. The van der Waals surface area contributed by atoms with Crippen LogP contribution in [0.2, 0.25) is 0 Å². The third-order valence-corrected chi connectivity index (χ3v) is 4.55. The Hall–Kier alpha value is -3.49. The van der Waals surface area contributed by atoms with E-state index in [0.29, 0.717) is 26.2 Å². The lowest BCUT2D eigenvalue weighted by atomic mass is 10.3. The summed E-state index contributed by atoms with van der Waals surface area (Å²) in [4.78, 5) is 28.8. The van der Waals surface area contributed by atoms with Crippen molar-refractivity contribution in [2.75, 3.05) is 37.7 Å². The Kier molecular flexibility index (Phi) is 5.14. The number of imidazole rings is 1. The van der Waals surface area contributed by atoms with Gasteiger partial charge in [-0.1, -0.05) is 12.1 Å². The molecule has 28 heavy (non-hydrogen) atoms. The summed E-state index contributed by atoms with van der Waals surface area (Å²) in [6, 6.07) is 7.95. The summed E-state index contributed by atoms with van der Waals surface area (Å²) in [5.74, 6) is 0.984. The zero-order valence-electron chi connectivity index (χ0n) is 15.1. The monoisotopic (exact) mass is 382 g/mol. The van der Waals surface area contributed by atoms with E-state index in [1.54, 1.807) is 29.6 Å². The Labute approximate surface area is 161 Å². The molecule has 1 aromatic carbocycles. The molecular formula is C19H19FN6O2. The summed E-state index contributed by atoms with van der Waals surface area (Å²) in [6.45, 7) is 2.20. The van der Waals surface area contributed by atoms with E-state index < -0.39 is 5.82 Å². The SMILES string of the molecule is O=C(COc1ccccc1F)N1CCN(c2cc(-n3ccnc3)ncn2)CC1. The topological polar surface area (TPSA) is 76.4 Å². The van der Waals surface area contributed by atoms with Crippen LogP contribution in [0, 0.1) is 5.82 Å². The lowest BCUT2D eigenvalue weighted by Crippen LogP contribution is -2.50.